The summed E-state index contributed by atoms with van der Waals surface area (Å²) in [6.07, 6.45) is 1.05. The first-order valence-corrected chi connectivity index (χ1v) is 11.2. The Balaban J connectivity index is 1.58. The molecule has 0 aliphatic carbocycles. The van der Waals surface area contributed by atoms with E-state index in [0.717, 1.165) is 12.1 Å². The summed E-state index contributed by atoms with van der Waals surface area (Å²) in [7, 11) is 0. The van der Waals surface area contributed by atoms with Crippen LogP contribution in [0.3, 0.4) is 0 Å². The van der Waals surface area contributed by atoms with Crippen molar-refractivity contribution in [3.63, 3.8) is 0 Å². The molecule has 0 bridgehead atoms. The SMILES string of the molecule is CCc1ccc(N2CC(C(=O)N(CC)CC(=O)Nc3ccc(NC(C)=O)cc3)CC2=O)cc1. The fraction of sp³-hybridized carbons (Fsp3) is 0.360. The maximum Gasteiger partial charge on any atom is 0.243 e. The second-order valence-electron chi connectivity index (χ2n) is 8.08. The highest BCUT2D eigenvalue weighted by Gasteiger charge is 2.37. The number of rotatable bonds is 8. The molecule has 1 saturated heterocycles. The molecule has 8 nitrogen and oxygen atoms in total. The summed E-state index contributed by atoms with van der Waals surface area (Å²) in [5, 5.41) is 5.43. The molecule has 2 aromatic carbocycles. The van der Waals surface area contributed by atoms with Crippen molar-refractivity contribution in [2.24, 2.45) is 5.92 Å². The first-order valence-electron chi connectivity index (χ1n) is 11.2. The summed E-state index contributed by atoms with van der Waals surface area (Å²) in [5.41, 5.74) is 3.17. The highest BCUT2D eigenvalue weighted by molar-refractivity contribution is 6.01. The van der Waals surface area contributed by atoms with Crippen LogP contribution in [0.1, 0.15) is 32.8 Å². The second kappa shape index (κ2) is 10.8. The highest BCUT2D eigenvalue weighted by Crippen LogP contribution is 2.27. The lowest BCUT2D eigenvalue weighted by atomic mass is 10.1. The van der Waals surface area contributed by atoms with E-state index >= 15 is 0 Å². The minimum atomic E-state index is -0.479. The van der Waals surface area contributed by atoms with Crippen molar-refractivity contribution in [2.75, 3.05) is 35.2 Å². The predicted molar refractivity (Wildman–Crippen MR) is 128 cm³/mol. The molecular weight excluding hydrogens is 420 g/mol. The summed E-state index contributed by atoms with van der Waals surface area (Å²) in [5.74, 6) is -1.26. The van der Waals surface area contributed by atoms with Crippen molar-refractivity contribution in [3.05, 3.63) is 54.1 Å². The third kappa shape index (κ3) is 6.19. The molecule has 0 aromatic heterocycles. The van der Waals surface area contributed by atoms with Gasteiger partial charge in [-0.2, -0.15) is 0 Å². The van der Waals surface area contributed by atoms with Crippen molar-refractivity contribution >= 4 is 40.7 Å². The fourth-order valence-corrected chi connectivity index (χ4v) is 3.85. The monoisotopic (exact) mass is 450 g/mol. The summed E-state index contributed by atoms with van der Waals surface area (Å²) in [6.45, 7) is 5.88. The van der Waals surface area contributed by atoms with Crippen LogP contribution in [0.4, 0.5) is 17.1 Å². The van der Waals surface area contributed by atoms with E-state index < -0.39 is 5.92 Å². The third-order valence-electron chi connectivity index (χ3n) is 5.65. The Hall–Kier alpha value is -3.68. The largest absolute Gasteiger partial charge is 0.333 e. The van der Waals surface area contributed by atoms with Crippen LogP contribution in [0.5, 0.6) is 0 Å². The van der Waals surface area contributed by atoms with Crippen LogP contribution in [0.15, 0.2) is 48.5 Å². The predicted octanol–water partition coefficient (Wildman–Crippen LogP) is 3.05. The fourth-order valence-electron chi connectivity index (χ4n) is 3.85. The first-order chi connectivity index (χ1) is 15.8. The van der Waals surface area contributed by atoms with Gasteiger partial charge in [0.1, 0.15) is 0 Å². The average Bonchev–Trinajstić information content (AvgIpc) is 3.19. The number of likely N-dealkylation sites (N-methyl/N-ethyl adjacent to an activating group) is 1. The molecule has 1 aliphatic heterocycles. The van der Waals surface area contributed by atoms with Crippen molar-refractivity contribution in [1.82, 2.24) is 4.90 Å². The molecule has 4 amide bonds. The molecule has 1 aliphatic rings. The number of aryl methyl sites for hydroxylation is 1. The molecule has 0 saturated carbocycles. The maximum atomic E-state index is 13.1. The van der Waals surface area contributed by atoms with E-state index in [9.17, 15) is 19.2 Å². The summed E-state index contributed by atoms with van der Waals surface area (Å²) >= 11 is 0. The minimum Gasteiger partial charge on any atom is -0.333 e. The van der Waals surface area contributed by atoms with Crippen molar-refractivity contribution in [3.8, 4) is 0 Å². The van der Waals surface area contributed by atoms with Gasteiger partial charge in [-0.25, -0.2) is 0 Å². The lowest BCUT2D eigenvalue weighted by molar-refractivity contribution is -0.138. The molecule has 0 radical (unpaired) electrons. The Labute approximate surface area is 193 Å². The Morgan fingerprint density at radius 1 is 0.970 bits per heavy atom. The average molecular weight is 451 g/mol. The van der Waals surface area contributed by atoms with Crippen LogP contribution in [-0.2, 0) is 25.6 Å². The van der Waals surface area contributed by atoms with Gasteiger partial charge in [-0.1, -0.05) is 19.1 Å². The minimum absolute atomic E-state index is 0.0858. The number of anilines is 3. The Bertz CT molecular complexity index is 1020. The smallest absolute Gasteiger partial charge is 0.243 e. The van der Waals surface area contributed by atoms with Gasteiger partial charge in [0.05, 0.1) is 12.5 Å². The van der Waals surface area contributed by atoms with E-state index in [1.807, 2.05) is 31.2 Å². The lowest BCUT2D eigenvalue weighted by Crippen LogP contribution is -2.42. The van der Waals surface area contributed by atoms with E-state index in [1.54, 1.807) is 29.2 Å². The molecule has 1 heterocycles. The van der Waals surface area contributed by atoms with Gasteiger partial charge >= 0.3 is 0 Å². The molecule has 8 heteroatoms. The van der Waals surface area contributed by atoms with Crippen molar-refractivity contribution < 1.29 is 19.2 Å². The van der Waals surface area contributed by atoms with Crippen LogP contribution in [0.2, 0.25) is 0 Å². The van der Waals surface area contributed by atoms with E-state index in [-0.39, 0.29) is 36.6 Å². The quantitative estimate of drug-likeness (QED) is 0.646. The van der Waals surface area contributed by atoms with Gasteiger partial charge in [-0.05, 0) is 55.3 Å². The number of amides is 4. The maximum absolute atomic E-state index is 13.1. The Morgan fingerprint density at radius 2 is 1.58 bits per heavy atom. The number of nitrogens with zero attached hydrogens (tertiary/aromatic N) is 2. The van der Waals surface area contributed by atoms with E-state index in [4.69, 9.17) is 0 Å². The van der Waals surface area contributed by atoms with E-state index in [0.29, 0.717) is 24.5 Å². The summed E-state index contributed by atoms with van der Waals surface area (Å²) < 4.78 is 0. The van der Waals surface area contributed by atoms with Crippen LogP contribution in [0, 0.1) is 5.92 Å². The number of nitrogens with one attached hydrogen (secondary N) is 2. The number of hydrogen-bond acceptors (Lipinski definition) is 4. The van der Waals surface area contributed by atoms with Gasteiger partial charge in [-0.15, -0.1) is 0 Å². The molecular formula is C25H30N4O4. The number of carbonyl (C=O) groups excluding carboxylic acids is 4. The number of hydrogen-bond donors (Lipinski definition) is 2. The van der Waals surface area contributed by atoms with Crippen LogP contribution in [0.25, 0.3) is 0 Å². The van der Waals surface area contributed by atoms with Gasteiger partial charge in [0, 0.05) is 43.5 Å². The molecule has 2 aromatic rings. The van der Waals surface area contributed by atoms with E-state index in [1.165, 1.54) is 17.4 Å². The van der Waals surface area contributed by atoms with Crippen LogP contribution < -0.4 is 15.5 Å². The number of carbonyl (C=O) groups is 4. The summed E-state index contributed by atoms with van der Waals surface area (Å²) in [4.78, 5) is 52.4. The third-order valence-corrected chi connectivity index (χ3v) is 5.65. The molecule has 1 unspecified atom stereocenters. The molecule has 174 valence electrons. The normalized spacial score (nSPS) is 15.3. The number of benzene rings is 2. The molecule has 33 heavy (non-hydrogen) atoms. The molecule has 2 N–H and O–H groups in total. The van der Waals surface area contributed by atoms with Gasteiger partial charge < -0.3 is 20.4 Å². The zero-order valence-electron chi connectivity index (χ0n) is 19.3. The van der Waals surface area contributed by atoms with Crippen molar-refractivity contribution in [1.29, 1.82) is 0 Å². The van der Waals surface area contributed by atoms with Crippen molar-refractivity contribution in [2.45, 2.75) is 33.6 Å². The zero-order chi connectivity index (χ0) is 24.0. The molecule has 3 rings (SSSR count). The molecule has 1 fully saturated rings. The first kappa shape index (κ1) is 24.0. The van der Waals surface area contributed by atoms with E-state index in [2.05, 4.69) is 17.6 Å². The van der Waals surface area contributed by atoms with Gasteiger partial charge in [0.15, 0.2) is 0 Å². The van der Waals surface area contributed by atoms with Gasteiger partial charge in [-0.3, -0.25) is 19.2 Å². The Morgan fingerprint density at radius 3 is 2.12 bits per heavy atom. The van der Waals surface area contributed by atoms with Gasteiger partial charge in [0.2, 0.25) is 23.6 Å². The highest BCUT2D eigenvalue weighted by atomic mass is 16.2. The second-order valence-corrected chi connectivity index (χ2v) is 8.08. The van der Waals surface area contributed by atoms with Gasteiger partial charge in [0.25, 0.3) is 0 Å². The van der Waals surface area contributed by atoms with Crippen LogP contribution in [-0.4, -0.2) is 48.2 Å². The molecule has 1 atom stereocenters. The topological polar surface area (TPSA) is 98.8 Å². The zero-order valence-corrected chi connectivity index (χ0v) is 19.3. The van der Waals surface area contributed by atoms with Crippen LogP contribution >= 0.6 is 0 Å². The molecule has 0 spiro atoms. The Kier molecular flexibility index (Phi) is 7.82. The summed E-state index contributed by atoms with van der Waals surface area (Å²) in [6, 6.07) is 14.5. The standard InChI is InChI=1S/C25H30N4O4/c1-4-18-6-12-22(13-7-18)29-15-19(14-24(29)32)25(33)28(5-2)16-23(31)27-21-10-8-20(9-11-21)26-17(3)30/h6-13,19H,4-5,14-16H2,1-3H3,(H,26,30)(H,27,31). The lowest BCUT2D eigenvalue weighted by Gasteiger charge is -2.24.